The zero-order valence-corrected chi connectivity index (χ0v) is 15.0. The Morgan fingerprint density at radius 2 is 1.68 bits per heavy atom. The normalized spacial score (nSPS) is 11.5. The van der Waals surface area contributed by atoms with Gasteiger partial charge in [-0.05, 0) is 54.8 Å². The van der Waals surface area contributed by atoms with Gasteiger partial charge in [-0.25, -0.2) is 0 Å². The van der Waals surface area contributed by atoms with E-state index in [9.17, 15) is 9.59 Å². The fourth-order valence-corrected chi connectivity index (χ4v) is 2.46. The van der Waals surface area contributed by atoms with Gasteiger partial charge in [0.25, 0.3) is 5.91 Å². The summed E-state index contributed by atoms with van der Waals surface area (Å²) in [5, 5.41) is 2.92. The number of hydrogen-bond donors (Lipinski definition) is 1. The van der Waals surface area contributed by atoms with Gasteiger partial charge >= 0.3 is 5.97 Å². The van der Waals surface area contributed by atoms with Crippen molar-refractivity contribution in [3.05, 3.63) is 64.7 Å². The van der Waals surface area contributed by atoms with Crippen LogP contribution in [-0.4, -0.2) is 26.1 Å². The number of methoxy groups -OCH3 is 2. The van der Waals surface area contributed by atoms with Gasteiger partial charge in [-0.3, -0.25) is 9.59 Å². The predicted molar refractivity (Wildman–Crippen MR) is 95.8 cm³/mol. The lowest BCUT2D eigenvalue weighted by Crippen LogP contribution is -2.30. The molecule has 1 unspecified atom stereocenters. The van der Waals surface area contributed by atoms with E-state index in [-0.39, 0.29) is 18.3 Å². The number of aryl methyl sites for hydroxylation is 2. The third kappa shape index (κ3) is 4.83. The topological polar surface area (TPSA) is 64.6 Å². The molecular formula is C20H23NO4. The average molecular weight is 341 g/mol. The summed E-state index contributed by atoms with van der Waals surface area (Å²) in [5.74, 6) is 0.0927. The van der Waals surface area contributed by atoms with E-state index in [0.29, 0.717) is 11.3 Å². The van der Waals surface area contributed by atoms with E-state index in [1.807, 2.05) is 38.1 Å². The summed E-state index contributed by atoms with van der Waals surface area (Å²) in [7, 11) is 2.92. The Balaban J connectivity index is 2.23. The minimum absolute atomic E-state index is 0.0550. The Labute approximate surface area is 148 Å². The van der Waals surface area contributed by atoms with Crippen LogP contribution in [0.1, 0.15) is 39.5 Å². The Bertz CT molecular complexity index is 753. The molecule has 5 heteroatoms. The molecule has 0 spiro atoms. The molecule has 0 radical (unpaired) electrons. The number of esters is 1. The molecule has 5 nitrogen and oxygen atoms in total. The smallest absolute Gasteiger partial charge is 0.307 e. The maximum absolute atomic E-state index is 12.6. The second kappa shape index (κ2) is 8.33. The van der Waals surface area contributed by atoms with Crippen molar-refractivity contribution in [1.29, 1.82) is 0 Å². The predicted octanol–water partition coefficient (Wildman–Crippen LogP) is 3.35. The zero-order valence-electron chi connectivity index (χ0n) is 15.0. The third-order valence-corrected chi connectivity index (χ3v) is 4.19. The molecule has 2 aromatic carbocycles. The summed E-state index contributed by atoms with van der Waals surface area (Å²) in [6.45, 7) is 3.95. The summed E-state index contributed by atoms with van der Waals surface area (Å²) >= 11 is 0. The van der Waals surface area contributed by atoms with Gasteiger partial charge in [-0.15, -0.1) is 0 Å². The van der Waals surface area contributed by atoms with E-state index in [4.69, 9.17) is 9.47 Å². The molecule has 0 aliphatic heterocycles. The van der Waals surface area contributed by atoms with Crippen LogP contribution in [0, 0.1) is 13.8 Å². The van der Waals surface area contributed by atoms with E-state index in [1.165, 1.54) is 7.11 Å². The molecule has 132 valence electrons. The van der Waals surface area contributed by atoms with Crippen LogP contribution in [0.4, 0.5) is 0 Å². The number of carbonyl (C=O) groups is 2. The molecule has 0 aromatic heterocycles. The van der Waals surface area contributed by atoms with E-state index in [0.717, 1.165) is 16.7 Å². The zero-order chi connectivity index (χ0) is 18.4. The van der Waals surface area contributed by atoms with Crippen LogP contribution in [-0.2, 0) is 9.53 Å². The number of ether oxygens (including phenoxy) is 2. The first-order valence-corrected chi connectivity index (χ1v) is 8.03. The van der Waals surface area contributed by atoms with Gasteiger partial charge in [-0.2, -0.15) is 0 Å². The Hall–Kier alpha value is -2.82. The second-order valence-corrected chi connectivity index (χ2v) is 5.88. The van der Waals surface area contributed by atoms with Crippen LogP contribution < -0.4 is 10.1 Å². The van der Waals surface area contributed by atoms with Crippen molar-refractivity contribution in [2.45, 2.75) is 26.3 Å². The largest absolute Gasteiger partial charge is 0.497 e. The van der Waals surface area contributed by atoms with E-state index < -0.39 is 6.04 Å². The number of rotatable bonds is 6. The fourth-order valence-electron chi connectivity index (χ4n) is 2.46. The summed E-state index contributed by atoms with van der Waals surface area (Å²) in [6, 6.07) is 12.3. The van der Waals surface area contributed by atoms with Gasteiger partial charge in [0, 0.05) is 5.56 Å². The first kappa shape index (κ1) is 18.5. The third-order valence-electron chi connectivity index (χ3n) is 4.19. The molecular weight excluding hydrogens is 318 g/mol. The summed E-state index contributed by atoms with van der Waals surface area (Å²) in [6.07, 6.45) is 0.0550. The van der Waals surface area contributed by atoms with Gasteiger partial charge in [0.2, 0.25) is 0 Å². The summed E-state index contributed by atoms with van der Waals surface area (Å²) in [4.78, 5) is 24.3. The Morgan fingerprint density at radius 1 is 1.00 bits per heavy atom. The molecule has 2 aromatic rings. The summed E-state index contributed by atoms with van der Waals surface area (Å²) < 4.78 is 9.90. The molecule has 0 heterocycles. The van der Waals surface area contributed by atoms with Crippen LogP contribution >= 0.6 is 0 Å². The van der Waals surface area contributed by atoms with Gasteiger partial charge in [0.15, 0.2) is 0 Å². The molecule has 0 aliphatic rings. The van der Waals surface area contributed by atoms with Gasteiger partial charge in [0.1, 0.15) is 5.75 Å². The van der Waals surface area contributed by atoms with Crippen molar-refractivity contribution in [2.24, 2.45) is 0 Å². The SMILES string of the molecule is COC(=O)CC(NC(=O)c1ccc(C)c(C)c1)c1ccc(OC)cc1. The maximum atomic E-state index is 12.6. The molecule has 0 fully saturated rings. The lowest BCUT2D eigenvalue weighted by Gasteiger charge is -2.19. The van der Waals surface area contributed by atoms with Crippen molar-refractivity contribution in [3.63, 3.8) is 0 Å². The first-order chi connectivity index (χ1) is 11.9. The van der Waals surface area contributed by atoms with Crippen molar-refractivity contribution >= 4 is 11.9 Å². The minimum Gasteiger partial charge on any atom is -0.497 e. The van der Waals surface area contributed by atoms with E-state index in [2.05, 4.69) is 5.32 Å². The quantitative estimate of drug-likeness (QED) is 0.819. The molecule has 25 heavy (non-hydrogen) atoms. The first-order valence-electron chi connectivity index (χ1n) is 8.03. The van der Waals surface area contributed by atoms with Crippen LogP contribution in [0.25, 0.3) is 0 Å². The molecule has 0 saturated heterocycles. The standard InChI is InChI=1S/C20H23NO4/c1-13-5-6-16(11-14(13)2)20(23)21-18(12-19(22)25-4)15-7-9-17(24-3)10-8-15/h5-11,18H,12H2,1-4H3,(H,21,23). The molecule has 0 bridgehead atoms. The average Bonchev–Trinajstić information content (AvgIpc) is 2.63. The monoisotopic (exact) mass is 341 g/mol. The van der Waals surface area contributed by atoms with Gasteiger partial charge in [-0.1, -0.05) is 18.2 Å². The number of benzene rings is 2. The highest BCUT2D eigenvalue weighted by molar-refractivity contribution is 5.95. The van der Waals surface area contributed by atoms with Crippen LogP contribution in [0.5, 0.6) is 5.75 Å². The molecule has 1 atom stereocenters. The molecule has 0 saturated carbocycles. The minimum atomic E-state index is -0.479. The molecule has 1 amide bonds. The maximum Gasteiger partial charge on any atom is 0.307 e. The fraction of sp³-hybridized carbons (Fsp3) is 0.300. The van der Waals surface area contributed by atoms with Gasteiger partial charge in [0.05, 0.1) is 26.7 Å². The number of hydrogen-bond acceptors (Lipinski definition) is 4. The van der Waals surface area contributed by atoms with E-state index in [1.54, 1.807) is 25.3 Å². The van der Waals surface area contributed by atoms with Crippen LogP contribution in [0.3, 0.4) is 0 Å². The molecule has 0 aliphatic carbocycles. The van der Waals surface area contributed by atoms with Crippen LogP contribution in [0.15, 0.2) is 42.5 Å². The highest BCUT2D eigenvalue weighted by Crippen LogP contribution is 2.22. The van der Waals surface area contributed by atoms with Gasteiger partial charge < -0.3 is 14.8 Å². The van der Waals surface area contributed by atoms with Crippen molar-refractivity contribution in [3.8, 4) is 5.75 Å². The Kier molecular flexibility index (Phi) is 6.17. The van der Waals surface area contributed by atoms with Crippen LogP contribution in [0.2, 0.25) is 0 Å². The number of amides is 1. The second-order valence-electron chi connectivity index (χ2n) is 5.88. The van der Waals surface area contributed by atoms with E-state index >= 15 is 0 Å². The molecule has 1 N–H and O–H groups in total. The highest BCUT2D eigenvalue weighted by atomic mass is 16.5. The number of nitrogens with one attached hydrogen (secondary N) is 1. The number of carbonyl (C=O) groups excluding carboxylic acids is 2. The Morgan fingerprint density at radius 3 is 2.24 bits per heavy atom. The molecule has 2 rings (SSSR count). The van der Waals surface area contributed by atoms with Crippen molar-refractivity contribution in [1.82, 2.24) is 5.32 Å². The summed E-state index contributed by atoms with van der Waals surface area (Å²) in [5.41, 5.74) is 3.54. The van der Waals surface area contributed by atoms with Crippen molar-refractivity contribution in [2.75, 3.05) is 14.2 Å². The lowest BCUT2D eigenvalue weighted by molar-refractivity contribution is -0.141. The lowest BCUT2D eigenvalue weighted by atomic mass is 10.0. The van der Waals surface area contributed by atoms with Crippen molar-refractivity contribution < 1.29 is 19.1 Å². The highest BCUT2D eigenvalue weighted by Gasteiger charge is 2.20.